The molecule has 0 aromatic heterocycles. The molecule has 114 valence electrons. The van der Waals surface area contributed by atoms with Gasteiger partial charge in [-0.2, -0.15) is 13.2 Å². The van der Waals surface area contributed by atoms with Crippen molar-refractivity contribution < 1.29 is 22.8 Å². The maximum absolute atomic E-state index is 12.8. The first-order valence-electron chi connectivity index (χ1n) is 6.55. The van der Waals surface area contributed by atoms with Crippen molar-refractivity contribution in [2.24, 2.45) is 5.92 Å². The number of carbonyl (C=O) groups is 2. The number of alkyl halides is 3. The summed E-state index contributed by atoms with van der Waals surface area (Å²) in [4.78, 5) is 26.6. The van der Waals surface area contributed by atoms with Gasteiger partial charge < -0.3 is 4.90 Å². The van der Waals surface area contributed by atoms with E-state index in [1.165, 1.54) is 17.0 Å². The Labute approximate surface area is 120 Å². The van der Waals surface area contributed by atoms with Crippen LogP contribution in [0.1, 0.15) is 19.4 Å². The summed E-state index contributed by atoms with van der Waals surface area (Å²) >= 11 is 0. The number of rotatable bonds is 2. The van der Waals surface area contributed by atoms with Crippen LogP contribution in [0.25, 0.3) is 0 Å². The van der Waals surface area contributed by atoms with Gasteiger partial charge in [0.25, 0.3) is 0 Å². The lowest BCUT2D eigenvalue weighted by atomic mass is 10.1. The predicted molar refractivity (Wildman–Crippen MR) is 70.7 cm³/mol. The van der Waals surface area contributed by atoms with Crippen LogP contribution in [0.3, 0.4) is 0 Å². The van der Waals surface area contributed by atoms with Crippen molar-refractivity contribution in [2.45, 2.75) is 20.0 Å². The number of benzene rings is 1. The van der Waals surface area contributed by atoms with Gasteiger partial charge in [-0.3, -0.25) is 4.79 Å². The van der Waals surface area contributed by atoms with Crippen molar-refractivity contribution in [1.82, 2.24) is 4.90 Å². The van der Waals surface area contributed by atoms with Crippen molar-refractivity contribution >= 4 is 17.6 Å². The van der Waals surface area contributed by atoms with Crippen LogP contribution in [0.15, 0.2) is 24.3 Å². The van der Waals surface area contributed by atoms with Crippen molar-refractivity contribution in [3.63, 3.8) is 0 Å². The molecule has 0 radical (unpaired) electrons. The second kappa shape index (κ2) is 5.38. The Hall–Kier alpha value is -2.05. The third-order valence-corrected chi connectivity index (χ3v) is 3.41. The number of halogens is 3. The zero-order valence-electron chi connectivity index (χ0n) is 11.6. The van der Waals surface area contributed by atoms with Crippen molar-refractivity contribution in [1.29, 1.82) is 0 Å². The fourth-order valence-electron chi connectivity index (χ4n) is 2.27. The summed E-state index contributed by atoms with van der Waals surface area (Å²) in [5.41, 5.74) is -0.938. The van der Waals surface area contributed by atoms with Crippen LogP contribution in [0.2, 0.25) is 0 Å². The minimum Gasteiger partial charge on any atom is -0.323 e. The van der Waals surface area contributed by atoms with Crippen LogP contribution < -0.4 is 4.90 Å². The van der Waals surface area contributed by atoms with E-state index >= 15 is 0 Å². The van der Waals surface area contributed by atoms with Gasteiger partial charge in [-0.05, 0) is 25.1 Å². The molecule has 1 aromatic rings. The van der Waals surface area contributed by atoms with Gasteiger partial charge in [0, 0.05) is 13.1 Å². The molecule has 1 aliphatic heterocycles. The fraction of sp³-hybridized carbons (Fsp3) is 0.429. The first-order valence-corrected chi connectivity index (χ1v) is 6.55. The van der Waals surface area contributed by atoms with Crippen LogP contribution in [0.4, 0.5) is 23.7 Å². The van der Waals surface area contributed by atoms with E-state index in [1.807, 2.05) is 0 Å². The molecule has 1 heterocycles. The third kappa shape index (κ3) is 2.86. The number of nitrogens with zero attached hydrogens (tertiary/aromatic N) is 2. The molecule has 0 aliphatic carbocycles. The van der Waals surface area contributed by atoms with E-state index in [0.29, 0.717) is 6.54 Å². The highest BCUT2D eigenvalue weighted by Gasteiger charge is 2.38. The van der Waals surface area contributed by atoms with Gasteiger partial charge in [-0.25, -0.2) is 9.69 Å². The van der Waals surface area contributed by atoms with Gasteiger partial charge in [0.2, 0.25) is 5.91 Å². The van der Waals surface area contributed by atoms with Gasteiger partial charge in [-0.15, -0.1) is 0 Å². The Balaban J connectivity index is 2.43. The molecule has 1 atom stereocenters. The number of urea groups is 1. The molecule has 1 fully saturated rings. The average molecular weight is 300 g/mol. The van der Waals surface area contributed by atoms with Gasteiger partial charge >= 0.3 is 12.2 Å². The van der Waals surface area contributed by atoms with Gasteiger partial charge in [-0.1, -0.05) is 13.0 Å². The molecule has 0 saturated carbocycles. The van der Waals surface area contributed by atoms with Gasteiger partial charge in [0.05, 0.1) is 17.2 Å². The zero-order chi connectivity index (χ0) is 15.8. The standard InChI is InChI=1S/C14H15F3N2O2/c1-3-18-8-9(2)12(20)19(13(18)21)11-6-4-5-10(7-11)14(15,16)17/h4-7,9H,3,8H2,1-2H3. The summed E-state index contributed by atoms with van der Waals surface area (Å²) in [5, 5.41) is 0. The summed E-state index contributed by atoms with van der Waals surface area (Å²) in [6.07, 6.45) is -4.52. The summed E-state index contributed by atoms with van der Waals surface area (Å²) in [5.74, 6) is -0.929. The van der Waals surface area contributed by atoms with E-state index in [1.54, 1.807) is 13.8 Å². The highest BCUT2D eigenvalue weighted by atomic mass is 19.4. The van der Waals surface area contributed by atoms with E-state index in [9.17, 15) is 22.8 Å². The van der Waals surface area contributed by atoms with E-state index in [4.69, 9.17) is 0 Å². The zero-order valence-corrected chi connectivity index (χ0v) is 11.6. The molecule has 0 N–H and O–H groups in total. The molecular weight excluding hydrogens is 285 g/mol. The third-order valence-electron chi connectivity index (χ3n) is 3.41. The Kier molecular flexibility index (Phi) is 3.93. The van der Waals surface area contributed by atoms with Crippen molar-refractivity contribution in [2.75, 3.05) is 18.0 Å². The highest BCUT2D eigenvalue weighted by Crippen LogP contribution is 2.33. The first kappa shape index (κ1) is 15.3. The summed E-state index contributed by atoms with van der Waals surface area (Å²) in [6, 6.07) is 3.66. The molecule has 0 bridgehead atoms. The largest absolute Gasteiger partial charge is 0.416 e. The lowest BCUT2D eigenvalue weighted by Gasteiger charge is -2.36. The number of anilines is 1. The normalized spacial score (nSPS) is 20.1. The first-order chi connectivity index (χ1) is 9.75. The molecule has 7 heteroatoms. The smallest absolute Gasteiger partial charge is 0.323 e. The Morgan fingerprint density at radius 2 is 1.95 bits per heavy atom. The quantitative estimate of drug-likeness (QED) is 0.842. The lowest BCUT2D eigenvalue weighted by molar-refractivity contribution is -0.137. The summed E-state index contributed by atoms with van der Waals surface area (Å²) in [6.45, 7) is 4.08. The minimum absolute atomic E-state index is 0.0511. The molecule has 1 unspecified atom stereocenters. The second-order valence-corrected chi connectivity index (χ2v) is 4.94. The van der Waals surface area contributed by atoms with Crippen molar-refractivity contribution in [3.05, 3.63) is 29.8 Å². The molecule has 4 nitrogen and oxygen atoms in total. The average Bonchev–Trinajstić information content (AvgIpc) is 2.42. The second-order valence-electron chi connectivity index (χ2n) is 4.94. The molecule has 21 heavy (non-hydrogen) atoms. The van der Waals surface area contributed by atoms with Crippen LogP contribution in [0.5, 0.6) is 0 Å². The number of carbonyl (C=O) groups excluding carboxylic acids is 2. The maximum atomic E-state index is 12.8. The Bertz CT molecular complexity index is 572. The molecule has 0 spiro atoms. The van der Waals surface area contributed by atoms with Crippen LogP contribution >= 0.6 is 0 Å². The van der Waals surface area contributed by atoms with Crippen LogP contribution in [-0.4, -0.2) is 29.9 Å². The fourth-order valence-corrected chi connectivity index (χ4v) is 2.27. The van der Waals surface area contributed by atoms with E-state index in [2.05, 4.69) is 0 Å². The molecule has 1 aromatic carbocycles. The van der Waals surface area contributed by atoms with Crippen LogP contribution in [0, 0.1) is 5.92 Å². The number of imide groups is 1. The van der Waals surface area contributed by atoms with E-state index < -0.39 is 29.6 Å². The minimum atomic E-state index is -4.52. The predicted octanol–water partition coefficient (Wildman–Crippen LogP) is 3.13. The van der Waals surface area contributed by atoms with E-state index in [0.717, 1.165) is 17.0 Å². The van der Waals surface area contributed by atoms with Crippen LogP contribution in [-0.2, 0) is 11.0 Å². The van der Waals surface area contributed by atoms with E-state index in [-0.39, 0.29) is 12.2 Å². The lowest BCUT2D eigenvalue weighted by Crippen LogP contribution is -2.56. The number of amides is 3. The molecule has 1 saturated heterocycles. The Morgan fingerprint density at radius 1 is 1.29 bits per heavy atom. The van der Waals surface area contributed by atoms with Gasteiger partial charge in [0.15, 0.2) is 0 Å². The molecular formula is C14H15F3N2O2. The topological polar surface area (TPSA) is 40.6 Å². The summed E-state index contributed by atoms with van der Waals surface area (Å²) < 4.78 is 38.3. The number of hydrogen-bond donors (Lipinski definition) is 0. The summed E-state index contributed by atoms with van der Waals surface area (Å²) in [7, 11) is 0. The SMILES string of the molecule is CCN1CC(C)C(=O)N(c2cccc(C(F)(F)F)c2)C1=O. The van der Waals surface area contributed by atoms with Crippen molar-refractivity contribution in [3.8, 4) is 0 Å². The molecule has 1 aliphatic rings. The molecule has 3 amide bonds. The maximum Gasteiger partial charge on any atom is 0.416 e. The van der Waals surface area contributed by atoms with Gasteiger partial charge in [0.1, 0.15) is 0 Å². The Morgan fingerprint density at radius 3 is 2.52 bits per heavy atom. The number of hydrogen-bond acceptors (Lipinski definition) is 2. The monoisotopic (exact) mass is 300 g/mol. The molecule has 2 rings (SSSR count). The highest BCUT2D eigenvalue weighted by molar-refractivity contribution is 6.16.